The number of rotatable bonds is 3. The van der Waals surface area contributed by atoms with Crippen LogP contribution in [0, 0.1) is 0 Å². The van der Waals surface area contributed by atoms with Crippen LogP contribution >= 0.6 is 0 Å². The number of pyridine rings is 1. The Bertz CT molecular complexity index is 578. The predicted molar refractivity (Wildman–Crippen MR) is 73.7 cm³/mol. The fraction of sp³-hybridized carbons (Fsp3) is 0.400. The molecule has 0 saturated heterocycles. The summed E-state index contributed by atoms with van der Waals surface area (Å²) in [6.45, 7) is 6.12. The molecule has 0 fully saturated rings. The third-order valence-electron chi connectivity index (χ3n) is 3.38. The molecule has 1 N–H and O–H groups in total. The van der Waals surface area contributed by atoms with Crippen molar-refractivity contribution in [2.24, 2.45) is 0 Å². The highest BCUT2D eigenvalue weighted by atomic mass is 15.0. The van der Waals surface area contributed by atoms with E-state index in [4.69, 9.17) is 4.98 Å². The Kier molecular flexibility index (Phi) is 3.25. The molecule has 4 nitrogen and oxygen atoms in total. The van der Waals surface area contributed by atoms with E-state index in [1.54, 1.807) is 0 Å². The summed E-state index contributed by atoms with van der Waals surface area (Å²) in [5, 5.41) is 3.36. The smallest absolute Gasteiger partial charge is 0.134 e. The summed E-state index contributed by atoms with van der Waals surface area (Å²) in [6.07, 6.45) is 2.52. The largest absolute Gasteiger partial charge is 0.307 e. The van der Waals surface area contributed by atoms with Gasteiger partial charge in [0.25, 0.3) is 0 Å². The average molecular weight is 254 g/mol. The first kappa shape index (κ1) is 12.2. The zero-order valence-corrected chi connectivity index (χ0v) is 11.3. The van der Waals surface area contributed by atoms with Crippen molar-refractivity contribution in [1.82, 2.24) is 20.3 Å². The van der Waals surface area contributed by atoms with Gasteiger partial charge < -0.3 is 5.32 Å². The lowest BCUT2D eigenvalue weighted by atomic mass is 10.0. The van der Waals surface area contributed by atoms with Crippen LogP contribution in [0.1, 0.15) is 48.2 Å². The molecule has 0 aliphatic carbocycles. The summed E-state index contributed by atoms with van der Waals surface area (Å²) in [5.74, 6) is 1.31. The van der Waals surface area contributed by atoms with E-state index in [0.29, 0.717) is 12.3 Å². The molecule has 3 rings (SSSR count). The van der Waals surface area contributed by atoms with E-state index in [1.807, 2.05) is 24.4 Å². The number of hydrogen-bond donors (Lipinski definition) is 1. The summed E-state index contributed by atoms with van der Waals surface area (Å²) in [5.41, 5.74) is 4.65. The molecule has 3 heterocycles. The highest BCUT2D eigenvalue weighted by Gasteiger charge is 2.20. The molecule has 4 heteroatoms. The number of nitrogens with one attached hydrogen (secondary N) is 1. The van der Waals surface area contributed by atoms with Gasteiger partial charge in [-0.2, -0.15) is 0 Å². The van der Waals surface area contributed by atoms with Gasteiger partial charge in [-0.25, -0.2) is 9.97 Å². The van der Waals surface area contributed by atoms with Crippen molar-refractivity contribution >= 4 is 0 Å². The number of nitrogens with zero attached hydrogens (tertiary/aromatic N) is 3. The summed E-state index contributed by atoms with van der Waals surface area (Å²) in [4.78, 5) is 13.8. The van der Waals surface area contributed by atoms with Crippen LogP contribution in [0.3, 0.4) is 0 Å². The Labute approximate surface area is 113 Å². The first-order valence-electron chi connectivity index (χ1n) is 6.73. The van der Waals surface area contributed by atoms with Crippen molar-refractivity contribution in [1.29, 1.82) is 0 Å². The molecule has 2 aromatic heterocycles. The van der Waals surface area contributed by atoms with Gasteiger partial charge in [-0.15, -0.1) is 0 Å². The van der Waals surface area contributed by atoms with E-state index < -0.39 is 0 Å². The molecule has 0 amide bonds. The molecule has 1 aliphatic heterocycles. The number of aromatic nitrogens is 3. The molecule has 0 aromatic carbocycles. The maximum atomic E-state index is 4.75. The molecule has 0 bridgehead atoms. The quantitative estimate of drug-likeness (QED) is 0.912. The summed E-state index contributed by atoms with van der Waals surface area (Å²) in [7, 11) is 0. The normalized spacial score (nSPS) is 13.8. The second kappa shape index (κ2) is 5.05. The zero-order valence-electron chi connectivity index (χ0n) is 11.3. The minimum Gasteiger partial charge on any atom is -0.307 e. The fourth-order valence-electron chi connectivity index (χ4n) is 2.47. The fourth-order valence-corrected chi connectivity index (χ4v) is 2.47. The SMILES string of the molecule is CC(C)c1nc(Cc2ccccn2)nc2c1CNC2. The van der Waals surface area contributed by atoms with Gasteiger partial charge in [0.05, 0.1) is 17.8 Å². The summed E-state index contributed by atoms with van der Waals surface area (Å²) >= 11 is 0. The second-order valence-corrected chi connectivity index (χ2v) is 5.21. The lowest BCUT2D eigenvalue weighted by Gasteiger charge is -2.12. The molecule has 0 unspecified atom stereocenters. The lowest BCUT2D eigenvalue weighted by Crippen LogP contribution is -2.08. The second-order valence-electron chi connectivity index (χ2n) is 5.21. The highest BCUT2D eigenvalue weighted by molar-refractivity contribution is 5.31. The molecule has 2 aromatic rings. The van der Waals surface area contributed by atoms with Gasteiger partial charge in [0.15, 0.2) is 0 Å². The van der Waals surface area contributed by atoms with E-state index in [2.05, 4.69) is 29.1 Å². The monoisotopic (exact) mass is 254 g/mol. The van der Waals surface area contributed by atoms with Crippen molar-refractivity contribution < 1.29 is 0 Å². The molecule has 0 radical (unpaired) electrons. The molecule has 0 saturated carbocycles. The van der Waals surface area contributed by atoms with E-state index >= 15 is 0 Å². The molecule has 0 spiro atoms. The zero-order chi connectivity index (χ0) is 13.2. The third-order valence-corrected chi connectivity index (χ3v) is 3.38. The van der Waals surface area contributed by atoms with Crippen LogP contribution in [0.25, 0.3) is 0 Å². The third kappa shape index (κ3) is 2.49. The first-order valence-corrected chi connectivity index (χ1v) is 6.73. The van der Waals surface area contributed by atoms with Gasteiger partial charge in [0.2, 0.25) is 0 Å². The molecular weight excluding hydrogens is 236 g/mol. The van der Waals surface area contributed by atoms with Crippen LogP contribution in [0.15, 0.2) is 24.4 Å². The van der Waals surface area contributed by atoms with Crippen LogP contribution in [-0.2, 0) is 19.5 Å². The van der Waals surface area contributed by atoms with E-state index in [0.717, 1.165) is 30.3 Å². The van der Waals surface area contributed by atoms with Gasteiger partial charge in [0.1, 0.15) is 5.82 Å². The van der Waals surface area contributed by atoms with Gasteiger partial charge in [0, 0.05) is 30.5 Å². The van der Waals surface area contributed by atoms with Crippen molar-refractivity contribution in [3.8, 4) is 0 Å². The lowest BCUT2D eigenvalue weighted by molar-refractivity contribution is 0.745. The minimum absolute atomic E-state index is 0.430. The topological polar surface area (TPSA) is 50.7 Å². The van der Waals surface area contributed by atoms with Crippen LogP contribution in [0.2, 0.25) is 0 Å². The Hall–Kier alpha value is -1.81. The van der Waals surface area contributed by atoms with Gasteiger partial charge in [-0.3, -0.25) is 4.98 Å². The van der Waals surface area contributed by atoms with Gasteiger partial charge >= 0.3 is 0 Å². The maximum absolute atomic E-state index is 4.75. The number of fused-ring (bicyclic) bond motifs is 1. The Morgan fingerprint density at radius 2 is 2.11 bits per heavy atom. The average Bonchev–Trinajstić information content (AvgIpc) is 2.87. The van der Waals surface area contributed by atoms with Crippen LogP contribution in [0.5, 0.6) is 0 Å². The molecular formula is C15H18N4. The van der Waals surface area contributed by atoms with E-state index in [9.17, 15) is 0 Å². The molecule has 98 valence electrons. The van der Waals surface area contributed by atoms with Crippen molar-refractivity contribution in [3.05, 3.63) is 52.9 Å². The van der Waals surface area contributed by atoms with Gasteiger partial charge in [-0.05, 0) is 18.1 Å². The predicted octanol–water partition coefficient (Wildman–Crippen LogP) is 2.19. The Balaban J connectivity index is 1.97. The van der Waals surface area contributed by atoms with Crippen molar-refractivity contribution in [2.75, 3.05) is 0 Å². The van der Waals surface area contributed by atoms with Crippen LogP contribution in [-0.4, -0.2) is 15.0 Å². The first-order chi connectivity index (χ1) is 9.24. The van der Waals surface area contributed by atoms with Gasteiger partial charge in [-0.1, -0.05) is 19.9 Å². The van der Waals surface area contributed by atoms with E-state index in [-0.39, 0.29) is 0 Å². The van der Waals surface area contributed by atoms with Crippen LogP contribution in [0.4, 0.5) is 0 Å². The Morgan fingerprint density at radius 3 is 2.84 bits per heavy atom. The van der Waals surface area contributed by atoms with E-state index in [1.165, 1.54) is 11.3 Å². The summed E-state index contributed by atoms with van der Waals surface area (Å²) in [6, 6.07) is 5.95. The van der Waals surface area contributed by atoms with Crippen molar-refractivity contribution in [2.45, 2.75) is 39.3 Å². The maximum Gasteiger partial charge on any atom is 0.134 e. The Morgan fingerprint density at radius 1 is 1.21 bits per heavy atom. The standard InChI is InChI=1S/C15H18N4/c1-10(2)15-12-8-16-9-13(12)18-14(19-15)7-11-5-3-4-6-17-11/h3-6,10,16H,7-9H2,1-2H3. The minimum atomic E-state index is 0.430. The number of hydrogen-bond acceptors (Lipinski definition) is 4. The molecule has 1 aliphatic rings. The molecule has 19 heavy (non-hydrogen) atoms. The van der Waals surface area contributed by atoms with Crippen LogP contribution < -0.4 is 5.32 Å². The van der Waals surface area contributed by atoms with Crippen molar-refractivity contribution in [3.63, 3.8) is 0 Å². The summed E-state index contributed by atoms with van der Waals surface area (Å²) < 4.78 is 0. The molecule has 0 atom stereocenters. The highest BCUT2D eigenvalue weighted by Crippen LogP contribution is 2.23.